The number of aliphatic hydroxyl groups is 1. The van der Waals surface area contributed by atoms with E-state index in [4.69, 9.17) is 24.3 Å². The Morgan fingerprint density at radius 3 is 2.78 bits per heavy atom. The number of nitrogens with two attached hydrogens (primary N) is 1. The van der Waals surface area contributed by atoms with Gasteiger partial charge in [0.05, 0.1) is 25.6 Å². The van der Waals surface area contributed by atoms with E-state index in [-0.39, 0.29) is 31.4 Å². The van der Waals surface area contributed by atoms with Crippen molar-refractivity contribution in [3.63, 3.8) is 0 Å². The SMILES string of the molecule is CCCCCOC(=O)[C@H](CC(C)C)NP(=O)(OC[C@@H]1C[C@H](O)C(n2cnc3c(N)ncnc32)O1)Oc1cccc2ccccc12. The van der Waals surface area contributed by atoms with E-state index < -0.39 is 38.2 Å². The minimum Gasteiger partial charge on any atom is -0.465 e. The van der Waals surface area contributed by atoms with Gasteiger partial charge in [0, 0.05) is 11.8 Å². The molecule has 1 fully saturated rings. The van der Waals surface area contributed by atoms with Crippen LogP contribution in [0.15, 0.2) is 55.1 Å². The minimum atomic E-state index is -4.22. The van der Waals surface area contributed by atoms with Crippen LogP contribution < -0.4 is 15.3 Å². The van der Waals surface area contributed by atoms with Crippen molar-refractivity contribution in [1.29, 1.82) is 0 Å². The predicted octanol–water partition coefficient (Wildman–Crippen LogP) is 5.15. The molecule has 0 radical (unpaired) electrons. The molecule has 45 heavy (non-hydrogen) atoms. The summed E-state index contributed by atoms with van der Waals surface area (Å²) in [7, 11) is -4.22. The topological polar surface area (TPSA) is 173 Å². The highest BCUT2D eigenvalue weighted by Crippen LogP contribution is 2.48. The third-order valence-electron chi connectivity index (χ3n) is 7.52. The van der Waals surface area contributed by atoms with Gasteiger partial charge < -0.3 is 24.8 Å². The first-order valence-electron chi connectivity index (χ1n) is 15.3. The number of fused-ring (bicyclic) bond motifs is 2. The lowest BCUT2D eigenvalue weighted by Gasteiger charge is -2.27. The van der Waals surface area contributed by atoms with Crippen LogP contribution in [0.2, 0.25) is 0 Å². The number of aliphatic hydroxyl groups excluding tert-OH is 1. The van der Waals surface area contributed by atoms with Gasteiger partial charge in [-0.3, -0.25) is 13.9 Å². The average Bonchev–Trinajstić information content (AvgIpc) is 3.61. The lowest BCUT2D eigenvalue weighted by Crippen LogP contribution is -2.39. The van der Waals surface area contributed by atoms with E-state index in [1.54, 1.807) is 16.7 Å². The Morgan fingerprint density at radius 1 is 1.18 bits per heavy atom. The molecule has 242 valence electrons. The van der Waals surface area contributed by atoms with Gasteiger partial charge in [-0.2, -0.15) is 5.09 Å². The molecule has 13 nitrogen and oxygen atoms in total. The molecule has 4 N–H and O–H groups in total. The summed E-state index contributed by atoms with van der Waals surface area (Å²) in [5.74, 6) is 0.0964. The van der Waals surface area contributed by atoms with E-state index in [1.807, 2.05) is 44.2 Å². The molecule has 2 aromatic heterocycles. The Morgan fingerprint density at radius 2 is 1.98 bits per heavy atom. The van der Waals surface area contributed by atoms with E-state index in [0.29, 0.717) is 23.3 Å². The average molecular weight is 641 g/mol. The van der Waals surface area contributed by atoms with Gasteiger partial charge in [0.15, 0.2) is 17.7 Å². The van der Waals surface area contributed by atoms with Crippen LogP contribution in [0.25, 0.3) is 21.9 Å². The molecule has 1 saturated heterocycles. The third-order valence-corrected chi connectivity index (χ3v) is 9.08. The number of unbranched alkanes of at least 4 members (excludes halogenated alkanes) is 2. The number of carbonyl (C=O) groups is 1. The zero-order chi connectivity index (χ0) is 32.0. The first-order chi connectivity index (χ1) is 21.7. The zero-order valence-corrected chi connectivity index (χ0v) is 26.6. The summed E-state index contributed by atoms with van der Waals surface area (Å²) in [5.41, 5.74) is 6.72. The highest BCUT2D eigenvalue weighted by Gasteiger charge is 2.40. The van der Waals surface area contributed by atoms with Crippen molar-refractivity contribution in [2.24, 2.45) is 5.92 Å². The molecular weight excluding hydrogens is 599 g/mol. The number of anilines is 1. The molecule has 14 heteroatoms. The lowest BCUT2D eigenvalue weighted by atomic mass is 10.1. The maximum atomic E-state index is 14.5. The van der Waals surface area contributed by atoms with Gasteiger partial charge >= 0.3 is 13.7 Å². The Labute approximate surface area is 262 Å². The number of nitrogens with one attached hydrogen (secondary N) is 1. The van der Waals surface area contributed by atoms with E-state index in [0.717, 1.165) is 30.0 Å². The number of nitrogens with zero attached hydrogens (tertiary/aromatic N) is 4. The summed E-state index contributed by atoms with van der Waals surface area (Å²) in [4.78, 5) is 25.6. The number of rotatable bonds is 15. The summed E-state index contributed by atoms with van der Waals surface area (Å²) in [6, 6.07) is 12.0. The number of hydrogen-bond donors (Lipinski definition) is 3. The number of benzene rings is 2. The van der Waals surface area contributed by atoms with Crippen molar-refractivity contribution in [3.8, 4) is 5.75 Å². The van der Waals surface area contributed by atoms with Crippen molar-refractivity contribution in [1.82, 2.24) is 24.6 Å². The quantitative estimate of drug-likeness (QED) is 0.0887. The second kappa shape index (κ2) is 14.7. The lowest BCUT2D eigenvalue weighted by molar-refractivity contribution is -0.146. The van der Waals surface area contributed by atoms with Gasteiger partial charge in [-0.15, -0.1) is 0 Å². The Hall–Kier alpha value is -3.61. The largest absolute Gasteiger partial charge is 0.465 e. The zero-order valence-electron chi connectivity index (χ0n) is 25.7. The fraction of sp³-hybridized carbons (Fsp3) is 0.484. The van der Waals surface area contributed by atoms with Gasteiger partial charge in [0.25, 0.3) is 0 Å². The van der Waals surface area contributed by atoms with Crippen molar-refractivity contribution in [2.45, 2.75) is 77.4 Å². The molecular formula is C31H41N6O7P. The number of esters is 1. The highest BCUT2D eigenvalue weighted by atomic mass is 31.2. The van der Waals surface area contributed by atoms with Crippen molar-refractivity contribution < 1.29 is 33.0 Å². The van der Waals surface area contributed by atoms with Crippen LogP contribution >= 0.6 is 7.75 Å². The summed E-state index contributed by atoms with van der Waals surface area (Å²) in [6.45, 7) is 6.06. The summed E-state index contributed by atoms with van der Waals surface area (Å²) >= 11 is 0. The van der Waals surface area contributed by atoms with Crippen molar-refractivity contribution >= 4 is 41.5 Å². The van der Waals surface area contributed by atoms with Gasteiger partial charge in [0.2, 0.25) is 0 Å². The second-order valence-corrected chi connectivity index (χ2v) is 13.3. The fourth-order valence-corrected chi connectivity index (χ4v) is 6.86. The van der Waals surface area contributed by atoms with Crippen LogP contribution in [0.4, 0.5) is 5.82 Å². The van der Waals surface area contributed by atoms with Crippen LogP contribution in [-0.4, -0.2) is 62.1 Å². The van der Waals surface area contributed by atoms with Crippen molar-refractivity contribution in [2.75, 3.05) is 18.9 Å². The molecule has 1 aliphatic rings. The summed E-state index contributed by atoms with van der Waals surface area (Å²) in [6.07, 6.45) is 3.53. The molecule has 1 aliphatic heterocycles. The third kappa shape index (κ3) is 7.98. The van der Waals surface area contributed by atoms with Gasteiger partial charge in [-0.05, 0) is 30.2 Å². The van der Waals surface area contributed by atoms with E-state index in [9.17, 15) is 14.5 Å². The molecule has 5 atom stereocenters. The summed E-state index contributed by atoms with van der Waals surface area (Å²) in [5, 5.41) is 15.4. The van der Waals surface area contributed by atoms with Crippen LogP contribution in [0.3, 0.4) is 0 Å². The monoisotopic (exact) mass is 640 g/mol. The molecule has 2 unspecified atom stereocenters. The van der Waals surface area contributed by atoms with Crippen LogP contribution in [0.5, 0.6) is 5.75 Å². The predicted molar refractivity (Wildman–Crippen MR) is 169 cm³/mol. The summed E-state index contributed by atoms with van der Waals surface area (Å²) < 4.78 is 39.9. The molecule has 0 bridgehead atoms. The number of ether oxygens (including phenoxy) is 2. The number of nitrogen functional groups attached to an aromatic ring is 1. The van der Waals surface area contributed by atoms with E-state index in [2.05, 4.69) is 27.0 Å². The first kappa shape index (κ1) is 32.8. The first-order valence-corrected chi connectivity index (χ1v) is 16.8. The van der Waals surface area contributed by atoms with Gasteiger partial charge in [-0.25, -0.2) is 19.5 Å². The Bertz CT molecular complexity index is 1640. The molecule has 5 rings (SSSR count). The molecule has 0 amide bonds. The molecule has 0 spiro atoms. The van der Waals surface area contributed by atoms with Crippen molar-refractivity contribution in [3.05, 3.63) is 55.1 Å². The minimum absolute atomic E-state index is 0.0774. The van der Waals surface area contributed by atoms with Gasteiger partial charge in [0.1, 0.15) is 29.7 Å². The normalized spacial score (nSPS) is 20.4. The highest BCUT2D eigenvalue weighted by molar-refractivity contribution is 7.52. The number of hydrogen-bond acceptors (Lipinski definition) is 11. The molecule has 2 aromatic carbocycles. The number of aromatic nitrogens is 4. The van der Waals surface area contributed by atoms with Crippen LogP contribution in [0, 0.1) is 5.92 Å². The maximum Gasteiger partial charge on any atom is 0.459 e. The molecule has 3 heterocycles. The Balaban J connectivity index is 1.36. The van der Waals surface area contributed by atoms with Crippen LogP contribution in [0.1, 0.15) is 59.1 Å². The van der Waals surface area contributed by atoms with E-state index >= 15 is 0 Å². The molecule has 4 aromatic rings. The maximum absolute atomic E-state index is 14.5. The van der Waals surface area contributed by atoms with Gasteiger partial charge in [-0.1, -0.05) is 70.0 Å². The Kier molecular flexibility index (Phi) is 10.7. The molecule has 0 aliphatic carbocycles. The fourth-order valence-electron chi connectivity index (χ4n) is 5.31. The molecule has 0 saturated carbocycles. The van der Waals surface area contributed by atoms with E-state index in [1.165, 1.54) is 12.7 Å². The number of imidazole rings is 1. The second-order valence-electron chi connectivity index (χ2n) is 11.6. The number of carbonyl (C=O) groups excluding carboxylic acids is 1. The van der Waals surface area contributed by atoms with Crippen LogP contribution in [-0.2, 0) is 23.4 Å². The standard InChI is InChI=1S/C31H41N6O7P/c1-4-5-8-14-41-31(39)24(15-20(2)3)36-45(40,44-26-13-9-11-21-10-6-7-12-23(21)26)42-17-22-16-25(38)30(43-22)37-19-35-27-28(32)33-18-34-29(27)37/h6-7,9-13,18-20,22,24-25,30,38H,4-5,8,14-17H2,1-3H3,(H,36,40)(H2,32,33,34)/t22-,24-,25-,30?,45?/m0/s1. The smallest absolute Gasteiger partial charge is 0.459 e.